The van der Waals surface area contributed by atoms with Crippen LogP contribution >= 0.6 is 34.7 Å². The van der Waals surface area contributed by atoms with E-state index in [1.54, 1.807) is 0 Å². The average Bonchev–Trinajstić information content (AvgIpc) is 3.59. The molecule has 2 bridgehead atoms. The Morgan fingerprint density at radius 1 is 1.13 bits per heavy atom. The first-order chi connectivity index (χ1) is 25.8. The fourth-order valence-corrected chi connectivity index (χ4v) is 9.80. The summed E-state index contributed by atoms with van der Waals surface area (Å²) >= 11 is 8.29. The van der Waals surface area contributed by atoms with Crippen molar-refractivity contribution in [3.63, 3.8) is 0 Å². The molecule has 3 fully saturated rings. The second-order valence-corrected chi connectivity index (χ2v) is 17.0. The number of nitrogens with zero attached hydrogens (tertiary/aromatic N) is 4. The van der Waals surface area contributed by atoms with Gasteiger partial charge in [0.2, 0.25) is 5.60 Å². The van der Waals surface area contributed by atoms with Gasteiger partial charge in [0.1, 0.15) is 29.4 Å². The number of hydrogen-bond donors (Lipinski definition) is 7. The number of oxime groups is 1. The Kier molecular flexibility index (Phi) is 10.8. The number of carbonyl (C=O) groups excluding carboxylic acids is 4. The number of piperidine rings is 1. The number of thioether (sulfide) groups is 1. The van der Waals surface area contributed by atoms with Crippen molar-refractivity contribution in [2.75, 3.05) is 31.6 Å². The molecule has 294 valence electrons. The van der Waals surface area contributed by atoms with Crippen LogP contribution in [0, 0.1) is 5.92 Å². The lowest BCUT2D eigenvalue weighted by atomic mass is 9.87. The van der Waals surface area contributed by atoms with Crippen LogP contribution in [0.2, 0.25) is 5.02 Å². The second kappa shape index (κ2) is 15.0. The number of likely N-dealkylation sites (N-methyl/N-ethyl adjacent to an activating group) is 1. The Hall–Kier alpha value is -4.92. The van der Waals surface area contributed by atoms with Crippen LogP contribution < -0.4 is 16.4 Å². The summed E-state index contributed by atoms with van der Waals surface area (Å²) in [7, 11) is 2.07. The van der Waals surface area contributed by atoms with Gasteiger partial charge in [-0.2, -0.15) is 0 Å². The van der Waals surface area contributed by atoms with Crippen LogP contribution in [0.25, 0.3) is 0 Å². The number of thiazole rings is 1. The van der Waals surface area contributed by atoms with Crippen molar-refractivity contribution >= 4 is 81.0 Å². The summed E-state index contributed by atoms with van der Waals surface area (Å²) < 4.78 is 0.550. The molecule has 0 saturated carbocycles. The first kappa shape index (κ1) is 39.8. The predicted octanol–water partition coefficient (Wildman–Crippen LogP) is 1.50. The molecule has 6 rings (SSSR count). The van der Waals surface area contributed by atoms with Crippen molar-refractivity contribution in [3.8, 4) is 11.5 Å². The number of β-lactam (4-membered cyclic amide) rings is 1. The van der Waals surface area contributed by atoms with Gasteiger partial charge >= 0.3 is 11.9 Å². The third kappa shape index (κ3) is 7.42. The fraction of sp³-hybridized carbons (Fsp3) is 0.471. The van der Waals surface area contributed by atoms with Gasteiger partial charge in [0.05, 0.1) is 29.7 Å². The minimum atomic E-state index is -1.80. The highest BCUT2D eigenvalue weighted by Gasteiger charge is 2.57. The quantitative estimate of drug-likeness (QED) is 0.0287. The zero-order valence-electron chi connectivity index (χ0n) is 29.8. The van der Waals surface area contributed by atoms with E-state index in [0.717, 1.165) is 36.3 Å². The lowest BCUT2D eigenvalue weighted by molar-refractivity contribution is -0.945. The molecule has 4 aliphatic rings. The third-order valence-electron chi connectivity index (χ3n) is 10.7. The molecule has 3 amide bonds. The average molecular weight is 821 g/mol. The van der Waals surface area contributed by atoms with Crippen molar-refractivity contribution in [2.24, 2.45) is 11.1 Å². The highest BCUT2D eigenvalue weighted by atomic mass is 35.5. The molecule has 5 heterocycles. The van der Waals surface area contributed by atoms with Crippen LogP contribution in [0.1, 0.15) is 55.6 Å². The number of phenols is 2. The molecule has 4 aliphatic heterocycles. The number of nitrogen functional groups attached to an aromatic ring is 1. The molecule has 55 heavy (non-hydrogen) atoms. The molecular formula is C34H39ClN7O11S2+. The second-order valence-electron chi connectivity index (χ2n) is 14.6. The largest absolute Gasteiger partial charge is 0.504 e. The van der Waals surface area contributed by atoms with Crippen molar-refractivity contribution < 1.29 is 58.5 Å². The summed E-state index contributed by atoms with van der Waals surface area (Å²) in [6, 6.07) is 1.36. The monoisotopic (exact) mass is 820 g/mol. The number of ketones is 1. The van der Waals surface area contributed by atoms with Gasteiger partial charge in [-0.1, -0.05) is 16.8 Å². The summed E-state index contributed by atoms with van der Waals surface area (Å²) in [5.41, 5.74) is 3.75. The molecule has 0 spiro atoms. The highest BCUT2D eigenvalue weighted by Crippen LogP contribution is 2.47. The van der Waals surface area contributed by atoms with Crippen LogP contribution in [0.5, 0.6) is 11.5 Å². The van der Waals surface area contributed by atoms with Crippen molar-refractivity contribution in [2.45, 2.75) is 68.6 Å². The number of carboxylic acids is 2. The van der Waals surface area contributed by atoms with Gasteiger partial charge in [0, 0.05) is 48.9 Å². The normalized spacial score (nSPS) is 26.2. The van der Waals surface area contributed by atoms with Gasteiger partial charge in [-0.3, -0.25) is 24.1 Å². The smallest absolute Gasteiger partial charge is 0.352 e. The van der Waals surface area contributed by atoms with E-state index in [4.69, 9.17) is 22.2 Å². The first-order valence-electron chi connectivity index (χ1n) is 17.1. The van der Waals surface area contributed by atoms with Gasteiger partial charge in [0.15, 0.2) is 22.3 Å². The number of nitrogens with two attached hydrogens (primary N) is 1. The number of amides is 3. The molecule has 21 heteroatoms. The molecule has 0 radical (unpaired) electrons. The fourth-order valence-electron chi connectivity index (χ4n) is 7.68. The van der Waals surface area contributed by atoms with E-state index in [1.165, 1.54) is 35.9 Å². The predicted molar refractivity (Wildman–Crippen MR) is 198 cm³/mol. The molecule has 3 saturated heterocycles. The van der Waals surface area contributed by atoms with E-state index < -0.39 is 74.7 Å². The molecule has 1 aromatic carbocycles. The van der Waals surface area contributed by atoms with Gasteiger partial charge in [-0.05, 0) is 31.9 Å². The molecule has 2 aromatic rings. The number of aliphatic carboxylic acids is 2. The standard InChI is InChI=1S/C34H38ClN7O11S2/c1-34(2,32(51)52)53-40-22(19-13-55-33(36)38-19)27(46)39-23-29(48)41-24(31(49)50)15(12-54-30(23)41)11-42(3)16-4-5-17(42)9-14(8-16)10-37-28(47)25(44)18-6-7-20(43)26(45)21(18)35/h6-7,13-14,16-17,23,30H,4-5,8-12H2,1-3H3,(H7-,36,37,38,39,40,43,44,45,46,47,49,50,51,52)/p+1/t14?,16-,17+,23-,30-,42?/m1/s1. The van der Waals surface area contributed by atoms with E-state index in [9.17, 15) is 49.2 Å². The maximum Gasteiger partial charge on any atom is 0.352 e. The topological polar surface area (TPSA) is 271 Å². The highest BCUT2D eigenvalue weighted by molar-refractivity contribution is 8.00. The number of rotatable bonds is 13. The SMILES string of the molecule is CC(C)(O/N=C(\C(=O)N[C@@H]1C(=O)N2C(C(=O)O)=C(C[N+]3(C)[C@@H]4CC[C@H]3CC(CNC(=O)C(=O)c3ccc(O)c(O)c3Cl)C4)CS[C@H]12)c1csc(N)n1)C(=O)O. The molecule has 8 N–H and O–H groups in total. The van der Waals surface area contributed by atoms with Crippen LogP contribution in [0.15, 0.2) is 33.9 Å². The molecule has 6 atom stereocenters. The molecular weight excluding hydrogens is 782 g/mol. The Morgan fingerprint density at radius 2 is 1.80 bits per heavy atom. The van der Waals surface area contributed by atoms with Crippen LogP contribution in [0.3, 0.4) is 0 Å². The maximum atomic E-state index is 13.6. The number of aromatic hydroxyl groups is 2. The van der Waals surface area contributed by atoms with Crippen molar-refractivity contribution in [1.29, 1.82) is 0 Å². The number of fused-ring (bicyclic) bond motifs is 3. The molecule has 0 aliphatic carbocycles. The minimum absolute atomic E-state index is 0.000830. The van der Waals surface area contributed by atoms with Gasteiger partial charge in [0.25, 0.3) is 23.5 Å². The van der Waals surface area contributed by atoms with Crippen molar-refractivity contribution in [1.82, 2.24) is 20.5 Å². The van der Waals surface area contributed by atoms with E-state index in [1.807, 2.05) is 0 Å². The molecule has 2 unspecified atom stereocenters. The zero-order valence-corrected chi connectivity index (χ0v) is 32.2. The number of Topliss-reactive ketones (excluding diaryl/α,β-unsaturated/α-hetero) is 1. The molecule has 18 nitrogen and oxygen atoms in total. The lowest BCUT2D eigenvalue weighted by Gasteiger charge is -2.52. The van der Waals surface area contributed by atoms with Gasteiger partial charge in [-0.15, -0.1) is 23.1 Å². The van der Waals surface area contributed by atoms with E-state index in [0.29, 0.717) is 29.4 Å². The van der Waals surface area contributed by atoms with E-state index >= 15 is 0 Å². The number of halogens is 1. The first-order valence-corrected chi connectivity index (χ1v) is 19.4. The number of carboxylic acid groups (broad SMARTS) is 2. The number of nitrogens with one attached hydrogen (secondary N) is 2. The van der Waals surface area contributed by atoms with E-state index in [-0.39, 0.29) is 52.4 Å². The maximum absolute atomic E-state index is 13.6. The summed E-state index contributed by atoms with van der Waals surface area (Å²) in [6.45, 7) is 3.07. The zero-order chi connectivity index (χ0) is 40.1. The number of anilines is 1. The number of carbonyl (C=O) groups is 6. The number of aromatic nitrogens is 1. The third-order valence-corrected chi connectivity index (χ3v) is 13.1. The Bertz CT molecular complexity index is 2040. The van der Waals surface area contributed by atoms with Crippen LogP contribution in [0.4, 0.5) is 5.13 Å². The van der Waals surface area contributed by atoms with Gasteiger partial charge < -0.3 is 46.1 Å². The Labute approximate surface area is 326 Å². The summed E-state index contributed by atoms with van der Waals surface area (Å²) in [5.74, 6) is -6.87. The van der Waals surface area contributed by atoms with E-state index in [2.05, 4.69) is 27.8 Å². The number of hydrogen-bond acceptors (Lipinski definition) is 14. The minimum Gasteiger partial charge on any atom is -0.504 e. The lowest BCUT2D eigenvalue weighted by Crippen LogP contribution is -2.71. The summed E-state index contributed by atoms with van der Waals surface area (Å²) in [5, 5.41) is 48.7. The summed E-state index contributed by atoms with van der Waals surface area (Å²) in [4.78, 5) is 87.2. The number of benzene rings is 1. The Balaban J connectivity index is 1.11. The molecule has 1 aromatic heterocycles. The van der Waals surface area contributed by atoms with Gasteiger partial charge in [-0.25, -0.2) is 14.6 Å². The summed E-state index contributed by atoms with van der Waals surface area (Å²) in [6.07, 6.45) is 3.15. The number of phenolic OH excluding ortho intramolecular Hbond substituents is 2. The Morgan fingerprint density at radius 3 is 2.40 bits per heavy atom. The number of quaternary nitrogens is 1. The van der Waals surface area contributed by atoms with Crippen LogP contribution in [-0.4, -0.2) is 131 Å². The van der Waals surface area contributed by atoms with Crippen LogP contribution in [-0.2, 0) is 28.8 Å². The van der Waals surface area contributed by atoms with Crippen molar-refractivity contribution in [3.05, 3.63) is 45.1 Å².